The summed E-state index contributed by atoms with van der Waals surface area (Å²) in [6.07, 6.45) is 4.45. The van der Waals surface area contributed by atoms with E-state index in [1.807, 2.05) is 6.92 Å². The second kappa shape index (κ2) is 7.20. The molecule has 0 bridgehead atoms. The van der Waals surface area contributed by atoms with Crippen molar-refractivity contribution in [2.45, 2.75) is 26.3 Å². The Hall–Kier alpha value is -2.77. The van der Waals surface area contributed by atoms with Crippen molar-refractivity contribution in [2.75, 3.05) is 6.54 Å². The third-order valence-electron chi connectivity index (χ3n) is 3.94. The van der Waals surface area contributed by atoms with Gasteiger partial charge < -0.3 is 15.2 Å². The summed E-state index contributed by atoms with van der Waals surface area (Å²) >= 11 is 0. The van der Waals surface area contributed by atoms with E-state index in [0.717, 1.165) is 12.0 Å². The standard InChI is InChI=1S/C16H19N5O3/c1-10-8-12(10)16(23)18-7-4-13(22)19-9-14-20-15(21-24-14)11-2-5-17-6-3-11/h2-3,5-6,10,12H,4,7-9H2,1H3,(H,18,23)(H,19,22)/t10-,12-/m0/s1. The third-order valence-corrected chi connectivity index (χ3v) is 3.94. The van der Waals surface area contributed by atoms with E-state index in [0.29, 0.717) is 24.2 Å². The normalized spacial score (nSPS) is 18.9. The van der Waals surface area contributed by atoms with Gasteiger partial charge in [0.1, 0.15) is 0 Å². The number of aromatic nitrogens is 3. The van der Waals surface area contributed by atoms with Crippen molar-refractivity contribution in [1.29, 1.82) is 0 Å². The molecule has 2 amide bonds. The fraction of sp³-hybridized carbons (Fsp3) is 0.438. The quantitative estimate of drug-likeness (QED) is 0.781. The van der Waals surface area contributed by atoms with Crippen molar-refractivity contribution in [1.82, 2.24) is 25.8 Å². The van der Waals surface area contributed by atoms with Crippen molar-refractivity contribution in [3.63, 3.8) is 0 Å². The van der Waals surface area contributed by atoms with Gasteiger partial charge in [-0.2, -0.15) is 4.98 Å². The Balaban J connectivity index is 1.38. The zero-order valence-electron chi connectivity index (χ0n) is 13.4. The van der Waals surface area contributed by atoms with Crippen LogP contribution in [0.3, 0.4) is 0 Å². The summed E-state index contributed by atoms with van der Waals surface area (Å²) in [5.74, 6) is 1.22. The molecule has 2 heterocycles. The number of hydrogen-bond donors (Lipinski definition) is 2. The van der Waals surface area contributed by atoms with E-state index < -0.39 is 0 Å². The zero-order valence-corrected chi connectivity index (χ0v) is 13.4. The van der Waals surface area contributed by atoms with Crippen LogP contribution in [0.2, 0.25) is 0 Å². The van der Waals surface area contributed by atoms with E-state index in [-0.39, 0.29) is 30.7 Å². The number of nitrogens with one attached hydrogen (secondary N) is 2. The smallest absolute Gasteiger partial charge is 0.246 e. The van der Waals surface area contributed by atoms with Gasteiger partial charge in [-0.3, -0.25) is 14.6 Å². The molecule has 1 aliphatic carbocycles. The Morgan fingerprint density at radius 3 is 2.75 bits per heavy atom. The van der Waals surface area contributed by atoms with E-state index in [2.05, 4.69) is 25.8 Å². The van der Waals surface area contributed by atoms with Gasteiger partial charge in [0, 0.05) is 36.8 Å². The number of pyridine rings is 1. The topological polar surface area (TPSA) is 110 Å². The molecule has 0 unspecified atom stereocenters. The number of amides is 2. The van der Waals surface area contributed by atoms with Gasteiger partial charge in [0.25, 0.3) is 0 Å². The van der Waals surface area contributed by atoms with Crippen LogP contribution in [0.5, 0.6) is 0 Å². The lowest BCUT2D eigenvalue weighted by atomic mass is 10.2. The second-order valence-electron chi connectivity index (χ2n) is 5.88. The van der Waals surface area contributed by atoms with Gasteiger partial charge in [-0.05, 0) is 24.5 Å². The molecule has 2 atom stereocenters. The first-order valence-electron chi connectivity index (χ1n) is 7.91. The Bertz CT molecular complexity index is 716. The predicted octanol–water partition coefficient (Wildman–Crippen LogP) is 0.910. The molecule has 0 spiro atoms. The number of rotatable bonds is 7. The maximum atomic E-state index is 11.8. The molecule has 0 aromatic carbocycles. The Kier molecular flexibility index (Phi) is 4.83. The highest BCUT2D eigenvalue weighted by atomic mass is 16.5. The highest BCUT2D eigenvalue weighted by molar-refractivity contribution is 5.82. The van der Waals surface area contributed by atoms with Gasteiger partial charge in [0.2, 0.25) is 23.5 Å². The molecule has 0 aliphatic heterocycles. The van der Waals surface area contributed by atoms with Gasteiger partial charge in [-0.15, -0.1) is 0 Å². The SMILES string of the molecule is C[C@H]1C[C@@H]1C(=O)NCCC(=O)NCc1nc(-c2ccncc2)no1. The molecular formula is C16H19N5O3. The first-order valence-corrected chi connectivity index (χ1v) is 7.91. The Labute approximate surface area is 139 Å². The molecule has 24 heavy (non-hydrogen) atoms. The summed E-state index contributed by atoms with van der Waals surface area (Å²) in [7, 11) is 0. The fourth-order valence-corrected chi connectivity index (χ4v) is 2.33. The van der Waals surface area contributed by atoms with Gasteiger partial charge in [0.15, 0.2) is 0 Å². The predicted molar refractivity (Wildman–Crippen MR) is 84.3 cm³/mol. The second-order valence-corrected chi connectivity index (χ2v) is 5.88. The van der Waals surface area contributed by atoms with E-state index in [9.17, 15) is 9.59 Å². The lowest BCUT2D eigenvalue weighted by Crippen LogP contribution is -2.31. The number of carbonyl (C=O) groups excluding carboxylic acids is 2. The lowest BCUT2D eigenvalue weighted by Gasteiger charge is -2.04. The number of carbonyl (C=O) groups is 2. The van der Waals surface area contributed by atoms with Crippen LogP contribution in [-0.2, 0) is 16.1 Å². The van der Waals surface area contributed by atoms with Crippen LogP contribution < -0.4 is 10.6 Å². The molecular weight excluding hydrogens is 310 g/mol. The molecule has 1 saturated carbocycles. The van der Waals surface area contributed by atoms with E-state index in [1.54, 1.807) is 24.5 Å². The van der Waals surface area contributed by atoms with Crippen LogP contribution in [0.1, 0.15) is 25.7 Å². The van der Waals surface area contributed by atoms with Crippen LogP contribution in [0, 0.1) is 11.8 Å². The van der Waals surface area contributed by atoms with Crippen molar-refractivity contribution >= 4 is 11.8 Å². The van der Waals surface area contributed by atoms with Gasteiger partial charge in [-0.25, -0.2) is 0 Å². The average Bonchev–Trinajstić information content (AvgIpc) is 3.14. The summed E-state index contributed by atoms with van der Waals surface area (Å²) in [6.45, 7) is 2.53. The van der Waals surface area contributed by atoms with Crippen LogP contribution in [0.25, 0.3) is 11.4 Å². The van der Waals surface area contributed by atoms with E-state index in [4.69, 9.17) is 4.52 Å². The summed E-state index contributed by atoms with van der Waals surface area (Å²) in [5.41, 5.74) is 0.795. The minimum Gasteiger partial charge on any atom is -0.355 e. The Morgan fingerprint density at radius 2 is 2.04 bits per heavy atom. The summed E-state index contributed by atoms with van der Waals surface area (Å²) in [5, 5.41) is 9.33. The summed E-state index contributed by atoms with van der Waals surface area (Å²) < 4.78 is 5.10. The van der Waals surface area contributed by atoms with Crippen molar-refractivity contribution < 1.29 is 14.1 Å². The number of nitrogens with zero attached hydrogens (tertiary/aromatic N) is 3. The third kappa shape index (κ3) is 4.15. The van der Waals surface area contributed by atoms with Crippen LogP contribution in [0.4, 0.5) is 0 Å². The first kappa shape index (κ1) is 16.1. The highest BCUT2D eigenvalue weighted by Crippen LogP contribution is 2.37. The minimum absolute atomic E-state index is 0.0363. The first-order chi connectivity index (χ1) is 11.6. The lowest BCUT2D eigenvalue weighted by molar-refractivity contribution is -0.123. The fourth-order valence-electron chi connectivity index (χ4n) is 2.33. The van der Waals surface area contributed by atoms with E-state index in [1.165, 1.54) is 0 Å². The van der Waals surface area contributed by atoms with Gasteiger partial charge in [0.05, 0.1) is 6.54 Å². The van der Waals surface area contributed by atoms with Crippen molar-refractivity contribution in [3.8, 4) is 11.4 Å². The maximum absolute atomic E-state index is 11.8. The average molecular weight is 329 g/mol. The minimum atomic E-state index is -0.178. The maximum Gasteiger partial charge on any atom is 0.246 e. The zero-order chi connectivity index (χ0) is 16.9. The molecule has 1 fully saturated rings. The molecule has 0 radical (unpaired) electrons. The van der Waals surface area contributed by atoms with Crippen LogP contribution in [-0.4, -0.2) is 33.5 Å². The molecule has 2 aromatic heterocycles. The molecule has 3 rings (SSSR count). The molecule has 8 heteroatoms. The highest BCUT2D eigenvalue weighted by Gasteiger charge is 2.38. The summed E-state index contributed by atoms with van der Waals surface area (Å²) in [4.78, 5) is 31.5. The molecule has 126 valence electrons. The molecule has 2 N–H and O–H groups in total. The molecule has 8 nitrogen and oxygen atoms in total. The Morgan fingerprint density at radius 1 is 1.29 bits per heavy atom. The molecule has 2 aromatic rings. The molecule has 0 saturated heterocycles. The monoisotopic (exact) mass is 329 g/mol. The van der Waals surface area contributed by atoms with Crippen molar-refractivity contribution in [2.24, 2.45) is 11.8 Å². The van der Waals surface area contributed by atoms with Crippen LogP contribution in [0.15, 0.2) is 29.0 Å². The summed E-state index contributed by atoms with van der Waals surface area (Å²) in [6, 6.07) is 3.55. The van der Waals surface area contributed by atoms with Gasteiger partial charge >= 0.3 is 0 Å². The van der Waals surface area contributed by atoms with Crippen molar-refractivity contribution in [3.05, 3.63) is 30.4 Å². The number of hydrogen-bond acceptors (Lipinski definition) is 6. The van der Waals surface area contributed by atoms with E-state index >= 15 is 0 Å². The van der Waals surface area contributed by atoms with Gasteiger partial charge in [-0.1, -0.05) is 12.1 Å². The largest absolute Gasteiger partial charge is 0.355 e. The van der Waals surface area contributed by atoms with Crippen LogP contribution >= 0.6 is 0 Å². The molecule has 1 aliphatic rings.